The molecule has 5 atom stereocenters. The van der Waals surface area contributed by atoms with Crippen LogP contribution < -0.4 is 0 Å². The third kappa shape index (κ3) is 3.44. The summed E-state index contributed by atoms with van der Waals surface area (Å²) in [5.41, 5.74) is 0. The van der Waals surface area contributed by atoms with Crippen molar-refractivity contribution in [1.29, 1.82) is 0 Å². The summed E-state index contributed by atoms with van der Waals surface area (Å²) in [6.07, 6.45) is 6.30. The van der Waals surface area contributed by atoms with Crippen LogP contribution in [-0.2, 0) is 14.2 Å². The van der Waals surface area contributed by atoms with Crippen molar-refractivity contribution in [2.24, 2.45) is 0 Å². The number of aliphatic hydroxyl groups is 1. The molecule has 0 heterocycles. The zero-order chi connectivity index (χ0) is 13.0. The van der Waals surface area contributed by atoms with Gasteiger partial charge in [0.2, 0.25) is 0 Å². The molecular weight excluding hydrogens is 232 g/mol. The normalized spacial score (nSPS) is 40.5. The zero-order valence-corrected chi connectivity index (χ0v) is 11.5. The standard InChI is InChI=1S/C14H26O4/c1-3-7-17-14-12(15)9-13(14)18-11-6-4-5-10(8-11)16-2/h10-15H,3-9H2,1-2H3. The lowest BCUT2D eigenvalue weighted by Gasteiger charge is -2.43. The van der Waals surface area contributed by atoms with Crippen LogP contribution >= 0.6 is 0 Å². The van der Waals surface area contributed by atoms with E-state index in [9.17, 15) is 5.11 Å². The molecule has 0 aromatic rings. The Bertz CT molecular complexity index is 246. The average molecular weight is 258 g/mol. The molecule has 0 radical (unpaired) electrons. The van der Waals surface area contributed by atoms with Crippen LogP contribution in [0.3, 0.4) is 0 Å². The van der Waals surface area contributed by atoms with Crippen molar-refractivity contribution in [3.63, 3.8) is 0 Å². The Morgan fingerprint density at radius 3 is 2.61 bits per heavy atom. The van der Waals surface area contributed by atoms with Crippen molar-refractivity contribution >= 4 is 0 Å². The van der Waals surface area contributed by atoms with Crippen molar-refractivity contribution in [2.45, 2.75) is 76.0 Å². The molecule has 5 unspecified atom stereocenters. The molecular formula is C14H26O4. The first-order valence-corrected chi connectivity index (χ1v) is 7.22. The van der Waals surface area contributed by atoms with Gasteiger partial charge in [-0.25, -0.2) is 0 Å². The van der Waals surface area contributed by atoms with E-state index >= 15 is 0 Å². The number of methoxy groups -OCH3 is 1. The van der Waals surface area contributed by atoms with Crippen LogP contribution in [0.25, 0.3) is 0 Å². The van der Waals surface area contributed by atoms with Crippen LogP contribution in [0.5, 0.6) is 0 Å². The van der Waals surface area contributed by atoms with E-state index in [1.807, 2.05) is 0 Å². The van der Waals surface area contributed by atoms with Crippen LogP contribution in [0.2, 0.25) is 0 Å². The van der Waals surface area contributed by atoms with Crippen LogP contribution in [-0.4, -0.2) is 49.3 Å². The van der Waals surface area contributed by atoms with Crippen molar-refractivity contribution < 1.29 is 19.3 Å². The number of rotatable bonds is 6. The summed E-state index contributed by atoms with van der Waals surface area (Å²) < 4.78 is 17.1. The molecule has 4 heteroatoms. The monoisotopic (exact) mass is 258 g/mol. The minimum absolute atomic E-state index is 0.0761. The first kappa shape index (κ1) is 14.3. The summed E-state index contributed by atoms with van der Waals surface area (Å²) in [4.78, 5) is 0. The maximum absolute atomic E-state index is 9.70. The van der Waals surface area contributed by atoms with E-state index in [2.05, 4.69) is 6.92 Å². The molecule has 18 heavy (non-hydrogen) atoms. The first-order chi connectivity index (χ1) is 8.74. The van der Waals surface area contributed by atoms with E-state index in [0.29, 0.717) is 19.1 Å². The lowest BCUT2D eigenvalue weighted by Crippen LogP contribution is -2.55. The third-order valence-electron chi connectivity index (χ3n) is 4.01. The van der Waals surface area contributed by atoms with Crippen LogP contribution in [0, 0.1) is 0 Å². The molecule has 2 aliphatic rings. The van der Waals surface area contributed by atoms with Gasteiger partial charge in [0.25, 0.3) is 0 Å². The topological polar surface area (TPSA) is 47.9 Å². The fourth-order valence-corrected chi connectivity index (χ4v) is 2.85. The Labute approximate surface area is 110 Å². The van der Waals surface area contributed by atoms with Gasteiger partial charge in [0.15, 0.2) is 0 Å². The van der Waals surface area contributed by atoms with E-state index in [4.69, 9.17) is 14.2 Å². The highest BCUT2D eigenvalue weighted by molar-refractivity contribution is 4.93. The molecule has 2 fully saturated rings. The summed E-state index contributed by atoms with van der Waals surface area (Å²) in [5, 5.41) is 9.70. The average Bonchev–Trinajstić information content (AvgIpc) is 2.39. The molecule has 2 rings (SSSR count). The second kappa shape index (κ2) is 6.85. The van der Waals surface area contributed by atoms with Gasteiger partial charge in [-0.05, 0) is 32.1 Å². The fraction of sp³-hybridized carbons (Fsp3) is 1.00. The largest absolute Gasteiger partial charge is 0.390 e. The lowest BCUT2D eigenvalue weighted by molar-refractivity contribution is -0.214. The quantitative estimate of drug-likeness (QED) is 0.790. The smallest absolute Gasteiger partial charge is 0.110 e. The highest BCUT2D eigenvalue weighted by Crippen LogP contribution is 2.32. The minimum Gasteiger partial charge on any atom is -0.390 e. The van der Waals surface area contributed by atoms with Gasteiger partial charge in [-0.3, -0.25) is 0 Å². The van der Waals surface area contributed by atoms with Gasteiger partial charge in [0, 0.05) is 20.1 Å². The van der Waals surface area contributed by atoms with E-state index in [0.717, 1.165) is 25.7 Å². The molecule has 1 N–H and O–H groups in total. The molecule has 0 saturated heterocycles. The number of hydrogen-bond acceptors (Lipinski definition) is 4. The van der Waals surface area contributed by atoms with E-state index in [1.54, 1.807) is 7.11 Å². The van der Waals surface area contributed by atoms with Crippen molar-refractivity contribution in [2.75, 3.05) is 13.7 Å². The second-order valence-corrected chi connectivity index (χ2v) is 5.46. The summed E-state index contributed by atoms with van der Waals surface area (Å²) in [6, 6.07) is 0. The van der Waals surface area contributed by atoms with Crippen molar-refractivity contribution in [1.82, 2.24) is 0 Å². The molecule has 106 valence electrons. The second-order valence-electron chi connectivity index (χ2n) is 5.46. The molecule has 2 saturated carbocycles. The van der Waals surface area contributed by atoms with Crippen LogP contribution in [0.4, 0.5) is 0 Å². The molecule has 0 spiro atoms. The van der Waals surface area contributed by atoms with Gasteiger partial charge < -0.3 is 19.3 Å². The van der Waals surface area contributed by atoms with Gasteiger partial charge in [0.1, 0.15) is 6.10 Å². The Balaban J connectivity index is 1.75. The minimum atomic E-state index is -0.344. The third-order valence-corrected chi connectivity index (χ3v) is 4.01. The number of ether oxygens (including phenoxy) is 3. The van der Waals surface area contributed by atoms with Crippen molar-refractivity contribution in [3.8, 4) is 0 Å². The van der Waals surface area contributed by atoms with Crippen LogP contribution in [0.15, 0.2) is 0 Å². The predicted octanol–water partition coefficient (Wildman–Crippen LogP) is 1.89. The van der Waals surface area contributed by atoms with E-state index < -0.39 is 0 Å². The summed E-state index contributed by atoms with van der Waals surface area (Å²) in [6.45, 7) is 2.78. The molecule has 0 aliphatic heterocycles. The number of aliphatic hydroxyl groups excluding tert-OH is 1. The van der Waals surface area contributed by atoms with Crippen molar-refractivity contribution in [3.05, 3.63) is 0 Å². The molecule has 0 aromatic heterocycles. The summed E-state index contributed by atoms with van der Waals surface area (Å²) in [5.74, 6) is 0. The predicted molar refractivity (Wildman–Crippen MR) is 68.6 cm³/mol. The van der Waals surface area contributed by atoms with E-state index in [1.165, 1.54) is 6.42 Å². The van der Waals surface area contributed by atoms with Gasteiger partial charge in [0.05, 0.1) is 24.4 Å². The molecule has 0 amide bonds. The Hall–Kier alpha value is -0.160. The van der Waals surface area contributed by atoms with E-state index in [-0.39, 0.29) is 24.4 Å². The highest BCUT2D eigenvalue weighted by atomic mass is 16.6. The van der Waals surface area contributed by atoms with Gasteiger partial charge >= 0.3 is 0 Å². The zero-order valence-electron chi connectivity index (χ0n) is 11.5. The van der Waals surface area contributed by atoms with Gasteiger partial charge in [-0.2, -0.15) is 0 Å². The Morgan fingerprint density at radius 2 is 1.94 bits per heavy atom. The SMILES string of the molecule is CCCOC1C(O)CC1OC1CCCC(OC)C1. The molecule has 4 nitrogen and oxygen atoms in total. The summed E-state index contributed by atoms with van der Waals surface area (Å²) >= 11 is 0. The maximum atomic E-state index is 9.70. The molecule has 2 aliphatic carbocycles. The van der Waals surface area contributed by atoms with Gasteiger partial charge in [-0.15, -0.1) is 0 Å². The summed E-state index contributed by atoms with van der Waals surface area (Å²) in [7, 11) is 1.77. The first-order valence-electron chi connectivity index (χ1n) is 7.22. The Morgan fingerprint density at radius 1 is 1.17 bits per heavy atom. The van der Waals surface area contributed by atoms with Crippen LogP contribution in [0.1, 0.15) is 45.4 Å². The maximum Gasteiger partial charge on any atom is 0.110 e. The lowest BCUT2D eigenvalue weighted by atomic mass is 9.87. The molecule has 0 aromatic carbocycles. The number of hydrogen-bond donors (Lipinski definition) is 1. The van der Waals surface area contributed by atoms with Gasteiger partial charge in [-0.1, -0.05) is 6.92 Å². The fourth-order valence-electron chi connectivity index (χ4n) is 2.85. The molecule has 0 bridgehead atoms. The Kier molecular flexibility index (Phi) is 5.42. The highest BCUT2D eigenvalue weighted by Gasteiger charge is 2.43.